The molecule has 0 aromatic heterocycles. The van der Waals surface area contributed by atoms with Gasteiger partial charge in [-0.05, 0) is 75.6 Å². The molecular formula is C29H38ClNO5S. The van der Waals surface area contributed by atoms with Gasteiger partial charge in [-0.1, -0.05) is 56.1 Å². The molecule has 0 spiro atoms. The molecule has 37 heavy (non-hydrogen) atoms. The summed E-state index contributed by atoms with van der Waals surface area (Å²) in [7, 11) is -4.03. The van der Waals surface area contributed by atoms with Gasteiger partial charge < -0.3 is 9.47 Å². The van der Waals surface area contributed by atoms with Crippen molar-refractivity contribution in [3.8, 4) is 5.75 Å². The molecule has 1 fully saturated rings. The van der Waals surface area contributed by atoms with Gasteiger partial charge in [0, 0.05) is 17.9 Å². The highest BCUT2D eigenvalue weighted by atomic mass is 35.5. The molecule has 2 heterocycles. The predicted octanol–water partition coefficient (Wildman–Crippen LogP) is 6.61. The van der Waals surface area contributed by atoms with E-state index in [0.29, 0.717) is 18.3 Å². The van der Waals surface area contributed by atoms with Crippen molar-refractivity contribution in [1.29, 1.82) is 0 Å². The average Bonchev–Trinajstić information content (AvgIpc) is 2.82. The van der Waals surface area contributed by atoms with Gasteiger partial charge in [0.05, 0.1) is 17.2 Å². The van der Waals surface area contributed by atoms with E-state index in [0.717, 1.165) is 49.0 Å². The average molecular weight is 548 g/mol. The number of aryl methyl sites for hydroxylation is 1. The van der Waals surface area contributed by atoms with E-state index < -0.39 is 15.9 Å². The van der Waals surface area contributed by atoms with Crippen LogP contribution in [0.25, 0.3) is 0 Å². The minimum atomic E-state index is -4.03. The topological polar surface area (TPSA) is 81.7 Å². The lowest BCUT2D eigenvalue weighted by molar-refractivity contribution is -0.152. The summed E-state index contributed by atoms with van der Waals surface area (Å²) in [6.07, 6.45) is 5.94. The molecule has 2 aliphatic rings. The third kappa shape index (κ3) is 6.50. The van der Waals surface area contributed by atoms with Crippen LogP contribution in [0.3, 0.4) is 0 Å². The van der Waals surface area contributed by atoms with Crippen LogP contribution in [0.2, 0.25) is 5.02 Å². The fourth-order valence-corrected chi connectivity index (χ4v) is 7.09. The van der Waals surface area contributed by atoms with E-state index >= 15 is 0 Å². The standard InChI is InChI=1S/C29H38ClNO5S/c1-19(2)8-7-17-29(4)23-15-11-20(3)35-28(23)22-14-12-21(18-25(22)36-29)13-16-27(32)31-37(33,34)26-10-6-5-9-24(26)30/h5-6,9-10,12,14,18-20,23,28H,7-8,11,13,15-17H2,1-4H3,(H,31,32)/t20-,23-,28+,29+/m1/s1. The van der Waals surface area contributed by atoms with E-state index in [-0.39, 0.29) is 34.1 Å². The fourth-order valence-electron chi connectivity index (χ4n) is 5.55. The Balaban J connectivity index is 1.47. The SMILES string of the molecule is CC(C)CCC[C@]1(C)Oc2cc(CCC(=O)NS(=O)(=O)c3ccccc3Cl)ccc2[C@@H]2O[C@H](C)CC[C@H]21. The van der Waals surface area contributed by atoms with Crippen molar-refractivity contribution in [3.63, 3.8) is 0 Å². The predicted molar refractivity (Wildman–Crippen MR) is 145 cm³/mol. The molecule has 8 heteroatoms. The Morgan fingerprint density at radius 3 is 2.68 bits per heavy atom. The third-order valence-corrected chi connectivity index (χ3v) is 9.48. The van der Waals surface area contributed by atoms with Crippen LogP contribution < -0.4 is 9.46 Å². The summed E-state index contributed by atoms with van der Waals surface area (Å²) in [4.78, 5) is 12.4. The molecule has 2 aliphatic heterocycles. The molecule has 4 atom stereocenters. The van der Waals surface area contributed by atoms with Crippen LogP contribution in [0.5, 0.6) is 5.75 Å². The second-order valence-electron chi connectivity index (χ2n) is 11.1. The molecule has 2 aromatic rings. The lowest BCUT2D eigenvalue weighted by Crippen LogP contribution is -2.50. The largest absolute Gasteiger partial charge is 0.487 e. The summed E-state index contributed by atoms with van der Waals surface area (Å²) in [5, 5.41) is 0.0728. The van der Waals surface area contributed by atoms with Crippen LogP contribution in [0, 0.1) is 11.8 Å². The van der Waals surface area contributed by atoms with Crippen molar-refractivity contribution < 1.29 is 22.7 Å². The van der Waals surface area contributed by atoms with Crippen LogP contribution in [-0.4, -0.2) is 26.0 Å². The van der Waals surface area contributed by atoms with Crippen LogP contribution in [0.1, 0.15) is 83.5 Å². The minimum Gasteiger partial charge on any atom is -0.487 e. The number of carbonyl (C=O) groups is 1. The summed E-state index contributed by atoms with van der Waals surface area (Å²) < 4.78 is 40.5. The Hall–Kier alpha value is -2.09. The van der Waals surface area contributed by atoms with Gasteiger partial charge in [-0.15, -0.1) is 0 Å². The van der Waals surface area contributed by atoms with E-state index in [1.54, 1.807) is 12.1 Å². The number of carbonyl (C=O) groups excluding carboxylic acids is 1. The normalized spacial score (nSPS) is 25.2. The quantitative estimate of drug-likeness (QED) is 0.382. The van der Waals surface area contributed by atoms with Crippen molar-refractivity contribution >= 4 is 27.5 Å². The number of rotatable bonds is 9. The van der Waals surface area contributed by atoms with Gasteiger partial charge in [0.1, 0.15) is 16.2 Å². The summed E-state index contributed by atoms with van der Waals surface area (Å²) in [5.74, 6) is 1.18. The van der Waals surface area contributed by atoms with Crippen molar-refractivity contribution in [2.75, 3.05) is 0 Å². The first-order valence-corrected chi connectivity index (χ1v) is 15.1. The zero-order chi connectivity index (χ0) is 26.8. The molecule has 1 saturated heterocycles. The maximum Gasteiger partial charge on any atom is 0.265 e. The lowest BCUT2D eigenvalue weighted by Gasteiger charge is -2.50. The molecule has 0 bridgehead atoms. The Morgan fingerprint density at radius 2 is 1.95 bits per heavy atom. The number of hydrogen-bond acceptors (Lipinski definition) is 5. The Bertz CT molecular complexity index is 1230. The smallest absolute Gasteiger partial charge is 0.265 e. The van der Waals surface area contributed by atoms with E-state index in [9.17, 15) is 13.2 Å². The number of amides is 1. The van der Waals surface area contributed by atoms with Crippen LogP contribution in [0.4, 0.5) is 0 Å². The molecule has 6 nitrogen and oxygen atoms in total. The first-order valence-electron chi connectivity index (χ1n) is 13.3. The molecule has 1 amide bonds. The minimum absolute atomic E-state index is 0.00494. The Morgan fingerprint density at radius 1 is 1.19 bits per heavy atom. The number of hydrogen-bond donors (Lipinski definition) is 1. The van der Waals surface area contributed by atoms with Crippen LogP contribution in [-0.2, 0) is 26.0 Å². The highest BCUT2D eigenvalue weighted by Gasteiger charge is 2.49. The number of nitrogens with one attached hydrogen (secondary N) is 1. The van der Waals surface area contributed by atoms with Crippen LogP contribution >= 0.6 is 11.6 Å². The molecule has 2 aromatic carbocycles. The number of fused-ring (bicyclic) bond motifs is 3. The van der Waals surface area contributed by atoms with E-state index in [4.69, 9.17) is 21.1 Å². The van der Waals surface area contributed by atoms with Gasteiger partial charge in [-0.2, -0.15) is 0 Å². The van der Waals surface area contributed by atoms with E-state index in [1.165, 1.54) is 12.1 Å². The van der Waals surface area contributed by atoms with Crippen molar-refractivity contribution in [2.24, 2.45) is 11.8 Å². The number of ether oxygens (including phenoxy) is 2. The highest BCUT2D eigenvalue weighted by Crippen LogP contribution is 2.52. The lowest BCUT2D eigenvalue weighted by atomic mass is 9.72. The molecule has 0 aliphatic carbocycles. The Labute approximate surface area is 226 Å². The molecule has 0 saturated carbocycles. The molecule has 0 radical (unpaired) electrons. The summed E-state index contributed by atoms with van der Waals surface area (Å²) >= 11 is 6.01. The maximum atomic E-state index is 12.6. The summed E-state index contributed by atoms with van der Waals surface area (Å²) in [5.41, 5.74) is 1.66. The van der Waals surface area contributed by atoms with Gasteiger partial charge in [-0.3, -0.25) is 4.79 Å². The fraction of sp³-hybridized carbons (Fsp3) is 0.552. The van der Waals surface area contributed by atoms with Crippen LogP contribution in [0.15, 0.2) is 47.4 Å². The first kappa shape index (κ1) is 27.9. The van der Waals surface area contributed by atoms with Crippen molar-refractivity contribution in [3.05, 3.63) is 58.6 Å². The molecule has 202 valence electrons. The molecule has 4 rings (SSSR count). The molecule has 1 N–H and O–H groups in total. The van der Waals surface area contributed by atoms with E-state index in [1.807, 2.05) is 18.2 Å². The third-order valence-electron chi connectivity index (χ3n) is 7.61. The second-order valence-corrected chi connectivity index (χ2v) is 13.1. The molecule has 0 unspecified atom stereocenters. The van der Waals surface area contributed by atoms with Gasteiger partial charge in [0.2, 0.25) is 5.91 Å². The van der Waals surface area contributed by atoms with Gasteiger partial charge in [0.15, 0.2) is 0 Å². The van der Waals surface area contributed by atoms with E-state index in [2.05, 4.69) is 32.4 Å². The van der Waals surface area contributed by atoms with Crippen molar-refractivity contribution in [1.82, 2.24) is 4.72 Å². The molecular weight excluding hydrogens is 510 g/mol. The summed E-state index contributed by atoms with van der Waals surface area (Å²) in [6, 6.07) is 12.1. The highest BCUT2D eigenvalue weighted by molar-refractivity contribution is 7.90. The van der Waals surface area contributed by atoms with Gasteiger partial charge in [0.25, 0.3) is 10.0 Å². The van der Waals surface area contributed by atoms with Gasteiger partial charge >= 0.3 is 0 Å². The Kier molecular flexibility index (Phi) is 8.56. The number of halogens is 1. The number of sulfonamides is 1. The monoisotopic (exact) mass is 547 g/mol. The number of benzene rings is 2. The second kappa shape index (κ2) is 11.3. The van der Waals surface area contributed by atoms with Crippen molar-refractivity contribution in [2.45, 2.75) is 95.3 Å². The maximum absolute atomic E-state index is 12.6. The summed E-state index contributed by atoms with van der Waals surface area (Å²) in [6.45, 7) is 8.84. The zero-order valence-corrected chi connectivity index (χ0v) is 23.7. The zero-order valence-electron chi connectivity index (χ0n) is 22.1. The first-order chi connectivity index (χ1) is 17.5. The van der Waals surface area contributed by atoms with Gasteiger partial charge in [-0.25, -0.2) is 13.1 Å².